The summed E-state index contributed by atoms with van der Waals surface area (Å²) in [7, 11) is 0. The summed E-state index contributed by atoms with van der Waals surface area (Å²) >= 11 is 0. The molecule has 0 spiro atoms. The van der Waals surface area contributed by atoms with Gasteiger partial charge in [0.15, 0.2) is 0 Å². The van der Waals surface area contributed by atoms with Crippen LogP contribution in [0.5, 0.6) is 0 Å². The second-order valence-corrected chi connectivity index (χ2v) is 5.52. The van der Waals surface area contributed by atoms with E-state index >= 15 is 0 Å². The highest BCUT2D eigenvalue weighted by Crippen LogP contribution is 2.18. The van der Waals surface area contributed by atoms with Crippen LogP contribution >= 0.6 is 0 Å². The lowest BCUT2D eigenvalue weighted by Crippen LogP contribution is -2.41. The highest BCUT2D eigenvalue weighted by atomic mass is 16.1. The molecule has 0 radical (unpaired) electrons. The van der Waals surface area contributed by atoms with Gasteiger partial charge < -0.3 is 5.32 Å². The van der Waals surface area contributed by atoms with Crippen molar-refractivity contribution < 1.29 is 4.79 Å². The molecule has 3 nitrogen and oxygen atoms in total. The Morgan fingerprint density at radius 1 is 1.47 bits per heavy atom. The van der Waals surface area contributed by atoms with Gasteiger partial charge in [-0.2, -0.15) is 0 Å². The standard InChI is InChI=1S/C14H22N2O/c1-11(14(2,3)4)16-13(17)8-7-12-6-5-9-15-10-12/h5-6,9-11H,7-8H2,1-4H3,(H,16,17). The summed E-state index contributed by atoms with van der Waals surface area (Å²) in [5.41, 5.74) is 1.20. The van der Waals surface area contributed by atoms with Crippen LogP contribution in [0.2, 0.25) is 0 Å². The van der Waals surface area contributed by atoms with Gasteiger partial charge in [-0.05, 0) is 30.4 Å². The van der Waals surface area contributed by atoms with E-state index in [1.54, 1.807) is 12.4 Å². The van der Waals surface area contributed by atoms with Gasteiger partial charge in [0.25, 0.3) is 0 Å². The number of carbonyl (C=O) groups excluding carboxylic acids is 1. The summed E-state index contributed by atoms with van der Waals surface area (Å²) in [6, 6.07) is 4.07. The number of carbonyl (C=O) groups is 1. The fourth-order valence-electron chi connectivity index (χ4n) is 1.33. The van der Waals surface area contributed by atoms with Gasteiger partial charge >= 0.3 is 0 Å². The van der Waals surface area contributed by atoms with E-state index in [9.17, 15) is 4.79 Å². The first kappa shape index (κ1) is 13.7. The minimum Gasteiger partial charge on any atom is -0.353 e. The highest BCUT2D eigenvalue weighted by Gasteiger charge is 2.21. The van der Waals surface area contributed by atoms with Crippen molar-refractivity contribution in [1.82, 2.24) is 10.3 Å². The van der Waals surface area contributed by atoms with Crippen LogP contribution < -0.4 is 5.32 Å². The Kier molecular flexibility index (Phi) is 4.67. The molecule has 1 aromatic rings. The van der Waals surface area contributed by atoms with E-state index in [1.807, 2.05) is 19.1 Å². The van der Waals surface area contributed by atoms with Gasteiger partial charge in [0.2, 0.25) is 5.91 Å². The van der Waals surface area contributed by atoms with Crippen LogP contribution in [0.15, 0.2) is 24.5 Å². The summed E-state index contributed by atoms with van der Waals surface area (Å²) in [4.78, 5) is 15.8. The quantitative estimate of drug-likeness (QED) is 0.870. The number of aryl methyl sites for hydroxylation is 1. The van der Waals surface area contributed by atoms with Crippen LogP contribution in [0.1, 0.15) is 39.7 Å². The Labute approximate surface area is 104 Å². The molecule has 0 saturated heterocycles. The molecular weight excluding hydrogens is 212 g/mol. The van der Waals surface area contributed by atoms with Crippen molar-refractivity contribution >= 4 is 5.91 Å². The van der Waals surface area contributed by atoms with Crippen LogP contribution in [0.3, 0.4) is 0 Å². The molecule has 0 fully saturated rings. The Morgan fingerprint density at radius 2 is 2.18 bits per heavy atom. The fourth-order valence-corrected chi connectivity index (χ4v) is 1.33. The molecule has 0 aromatic carbocycles. The minimum absolute atomic E-state index is 0.101. The predicted molar refractivity (Wildman–Crippen MR) is 69.6 cm³/mol. The molecule has 0 aliphatic carbocycles. The van der Waals surface area contributed by atoms with E-state index in [0.29, 0.717) is 6.42 Å². The van der Waals surface area contributed by atoms with Crippen LogP contribution in [0, 0.1) is 5.41 Å². The zero-order chi connectivity index (χ0) is 12.9. The second-order valence-electron chi connectivity index (χ2n) is 5.52. The monoisotopic (exact) mass is 234 g/mol. The number of amides is 1. The van der Waals surface area contributed by atoms with Crippen molar-refractivity contribution in [2.24, 2.45) is 5.41 Å². The molecule has 1 unspecified atom stereocenters. The van der Waals surface area contributed by atoms with Crippen molar-refractivity contribution in [3.63, 3.8) is 0 Å². The average Bonchev–Trinajstić information content (AvgIpc) is 2.26. The number of nitrogens with zero attached hydrogens (tertiary/aromatic N) is 1. The third kappa shape index (κ3) is 4.98. The van der Waals surface area contributed by atoms with E-state index in [1.165, 1.54) is 0 Å². The number of rotatable bonds is 4. The van der Waals surface area contributed by atoms with Crippen molar-refractivity contribution in [3.8, 4) is 0 Å². The second kappa shape index (κ2) is 5.80. The lowest BCUT2D eigenvalue weighted by atomic mass is 9.88. The summed E-state index contributed by atoms with van der Waals surface area (Å²) in [5, 5.41) is 3.03. The number of hydrogen-bond acceptors (Lipinski definition) is 2. The van der Waals surface area contributed by atoms with Crippen molar-refractivity contribution in [2.45, 2.75) is 46.6 Å². The van der Waals surface area contributed by atoms with E-state index in [2.05, 4.69) is 31.1 Å². The Balaban J connectivity index is 2.36. The Bertz CT molecular complexity index is 354. The van der Waals surface area contributed by atoms with Crippen LogP contribution in [0.25, 0.3) is 0 Å². The van der Waals surface area contributed by atoms with Crippen LogP contribution in [0.4, 0.5) is 0 Å². The van der Waals surface area contributed by atoms with E-state index in [-0.39, 0.29) is 17.4 Å². The lowest BCUT2D eigenvalue weighted by molar-refractivity contribution is -0.122. The largest absolute Gasteiger partial charge is 0.353 e. The third-order valence-electron chi connectivity index (χ3n) is 3.04. The number of aromatic nitrogens is 1. The summed E-state index contributed by atoms with van der Waals surface area (Å²) < 4.78 is 0. The maximum atomic E-state index is 11.7. The van der Waals surface area contributed by atoms with E-state index in [0.717, 1.165) is 12.0 Å². The molecule has 0 aliphatic heterocycles. The molecule has 17 heavy (non-hydrogen) atoms. The molecule has 0 bridgehead atoms. The Hall–Kier alpha value is -1.38. The smallest absolute Gasteiger partial charge is 0.220 e. The predicted octanol–water partition coefficient (Wildman–Crippen LogP) is 2.57. The molecule has 1 aromatic heterocycles. The zero-order valence-electron chi connectivity index (χ0n) is 11.2. The van der Waals surface area contributed by atoms with Gasteiger partial charge in [0, 0.05) is 24.9 Å². The van der Waals surface area contributed by atoms with Crippen molar-refractivity contribution in [2.75, 3.05) is 0 Å². The molecule has 1 amide bonds. The topological polar surface area (TPSA) is 42.0 Å². The highest BCUT2D eigenvalue weighted by molar-refractivity contribution is 5.76. The minimum atomic E-state index is 0.101. The van der Waals surface area contributed by atoms with E-state index in [4.69, 9.17) is 0 Å². The molecule has 1 rings (SSSR count). The van der Waals surface area contributed by atoms with Crippen molar-refractivity contribution in [3.05, 3.63) is 30.1 Å². The van der Waals surface area contributed by atoms with Gasteiger partial charge in [-0.3, -0.25) is 9.78 Å². The van der Waals surface area contributed by atoms with Crippen molar-refractivity contribution in [1.29, 1.82) is 0 Å². The lowest BCUT2D eigenvalue weighted by Gasteiger charge is -2.28. The van der Waals surface area contributed by atoms with Crippen LogP contribution in [-0.4, -0.2) is 16.9 Å². The van der Waals surface area contributed by atoms with Gasteiger partial charge in [-0.25, -0.2) is 0 Å². The Morgan fingerprint density at radius 3 is 2.71 bits per heavy atom. The number of nitrogens with one attached hydrogen (secondary N) is 1. The maximum Gasteiger partial charge on any atom is 0.220 e. The molecule has 0 saturated carbocycles. The molecule has 1 atom stereocenters. The normalized spacial score (nSPS) is 13.2. The summed E-state index contributed by atoms with van der Waals surface area (Å²) in [5.74, 6) is 0.108. The zero-order valence-corrected chi connectivity index (χ0v) is 11.2. The van der Waals surface area contributed by atoms with Gasteiger partial charge in [0.05, 0.1) is 0 Å². The fraction of sp³-hybridized carbons (Fsp3) is 0.571. The van der Waals surface area contributed by atoms with Gasteiger partial charge in [-0.15, -0.1) is 0 Å². The van der Waals surface area contributed by atoms with Gasteiger partial charge in [-0.1, -0.05) is 26.8 Å². The number of hydrogen-bond donors (Lipinski definition) is 1. The van der Waals surface area contributed by atoms with Gasteiger partial charge in [0.1, 0.15) is 0 Å². The van der Waals surface area contributed by atoms with Crippen LogP contribution in [-0.2, 0) is 11.2 Å². The summed E-state index contributed by atoms with van der Waals surface area (Å²) in [6.45, 7) is 8.42. The summed E-state index contributed by atoms with van der Waals surface area (Å²) in [6.07, 6.45) is 4.81. The first-order valence-corrected chi connectivity index (χ1v) is 6.08. The van der Waals surface area contributed by atoms with E-state index < -0.39 is 0 Å². The number of pyridine rings is 1. The maximum absolute atomic E-state index is 11.7. The molecule has 94 valence electrons. The molecular formula is C14H22N2O. The first-order valence-electron chi connectivity index (χ1n) is 6.08. The third-order valence-corrected chi connectivity index (χ3v) is 3.04. The SMILES string of the molecule is CC(NC(=O)CCc1cccnc1)C(C)(C)C. The first-order chi connectivity index (χ1) is 7.89. The average molecular weight is 234 g/mol. The molecule has 1 heterocycles. The molecule has 0 aliphatic rings. The molecule has 3 heteroatoms. The molecule has 1 N–H and O–H groups in total.